The van der Waals surface area contributed by atoms with E-state index in [1.54, 1.807) is 0 Å². The van der Waals surface area contributed by atoms with E-state index in [0.29, 0.717) is 64.2 Å². The van der Waals surface area contributed by atoms with Crippen LogP contribution in [0.1, 0.15) is 122 Å². The maximum atomic E-state index is 13.5. The minimum absolute atomic E-state index is 0.000439. The Balaban J connectivity index is 2.68. The summed E-state index contributed by atoms with van der Waals surface area (Å²) in [6, 6.07) is 0. The summed E-state index contributed by atoms with van der Waals surface area (Å²) in [6.45, 7) is 10.2. The zero-order valence-electron chi connectivity index (χ0n) is 34.5. The zero-order valence-corrected chi connectivity index (χ0v) is 34.5. The highest BCUT2D eigenvalue weighted by Crippen LogP contribution is 2.10. The van der Waals surface area contributed by atoms with Crippen LogP contribution in [-0.4, -0.2) is 82.4 Å². The molecular formula is C42H63N3O14. The zero-order chi connectivity index (χ0) is 43.7. The van der Waals surface area contributed by atoms with E-state index < -0.39 is 46.9 Å². The average Bonchev–Trinajstić information content (AvgIpc) is 3.22. The van der Waals surface area contributed by atoms with Gasteiger partial charge in [-0.25, -0.2) is 42.5 Å². The molecule has 17 heteroatoms. The lowest BCUT2D eigenvalue weighted by molar-refractivity contribution is -0.149. The second-order valence-electron chi connectivity index (χ2n) is 13.7. The summed E-state index contributed by atoms with van der Waals surface area (Å²) in [5.41, 5.74) is -1.94. The molecule has 0 saturated heterocycles. The molecule has 0 fully saturated rings. The molecule has 0 N–H and O–H groups in total. The van der Waals surface area contributed by atoms with Gasteiger partial charge in [0.2, 0.25) is 0 Å². The van der Waals surface area contributed by atoms with Crippen molar-refractivity contribution in [3.63, 3.8) is 0 Å². The average molecular weight is 834 g/mol. The van der Waals surface area contributed by atoms with Crippen molar-refractivity contribution in [1.82, 2.24) is 13.7 Å². The number of Topliss-reactive ketones (excluding diaryl/α,β-unsaturated/α-hetero) is 1. The Morgan fingerprint density at radius 3 is 1.02 bits per heavy atom. The van der Waals surface area contributed by atoms with Gasteiger partial charge in [-0.2, -0.15) is 0 Å². The van der Waals surface area contributed by atoms with Crippen molar-refractivity contribution < 1.29 is 52.5 Å². The van der Waals surface area contributed by atoms with Gasteiger partial charge in [-0.15, -0.1) is 0 Å². The van der Waals surface area contributed by atoms with Gasteiger partial charge in [0.1, 0.15) is 32.2 Å². The molecule has 1 rings (SSSR count). The van der Waals surface area contributed by atoms with Gasteiger partial charge < -0.3 is 23.7 Å². The minimum atomic E-state index is -0.650. The smallest absolute Gasteiger partial charge is 0.336 e. The number of ether oxygens (including phenoxy) is 5. The number of esters is 5. The number of aromatic nitrogens is 3. The van der Waals surface area contributed by atoms with E-state index in [0.717, 1.165) is 70.5 Å². The third-order valence-electron chi connectivity index (χ3n) is 9.05. The van der Waals surface area contributed by atoms with Crippen LogP contribution in [0.25, 0.3) is 0 Å². The Morgan fingerprint density at radius 2 is 0.661 bits per heavy atom. The van der Waals surface area contributed by atoms with Crippen LogP contribution >= 0.6 is 0 Å². The maximum absolute atomic E-state index is 13.5. The fourth-order valence-corrected chi connectivity index (χ4v) is 5.83. The summed E-state index contributed by atoms with van der Waals surface area (Å²) in [5, 5.41) is 0. The van der Waals surface area contributed by atoms with Gasteiger partial charge in [-0.3, -0.25) is 14.4 Å². The van der Waals surface area contributed by atoms with E-state index in [2.05, 4.69) is 19.7 Å². The van der Waals surface area contributed by atoms with Gasteiger partial charge >= 0.3 is 46.9 Å². The number of nitrogens with zero attached hydrogens (tertiary/aromatic N) is 3. The Bertz CT molecular complexity index is 1600. The molecule has 1 aromatic heterocycles. The molecule has 330 valence electrons. The van der Waals surface area contributed by atoms with Crippen molar-refractivity contribution in [2.24, 2.45) is 0 Å². The highest BCUT2D eigenvalue weighted by atomic mass is 16.6. The van der Waals surface area contributed by atoms with E-state index in [1.165, 1.54) is 0 Å². The molecule has 0 radical (unpaired) electrons. The fraction of sp³-hybridized carbons (Fsp3) is 0.643. The molecular weight excluding hydrogens is 770 g/mol. The maximum Gasteiger partial charge on any atom is 0.336 e. The van der Waals surface area contributed by atoms with Crippen molar-refractivity contribution in [3.05, 3.63) is 69.4 Å². The van der Waals surface area contributed by atoms with Crippen LogP contribution in [0, 0.1) is 0 Å². The van der Waals surface area contributed by atoms with E-state index in [4.69, 9.17) is 23.7 Å². The molecule has 1 heterocycles. The van der Waals surface area contributed by atoms with E-state index >= 15 is 0 Å². The molecule has 0 unspecified atom stereocenters. The first-order chi connectivity index (χ1) is 28.4. The summed E-state index contributed by atoms with van der Waals surface area (Å²) in [5.74, 6) is -2.55. The van der Waals surface area contributed by atoms with Crippen LogP contribution in [-0.2, 0) is 72.1 Å². The van der Waals surface area contributed by atoms with Gasteiger partial charge in [0.15, 0.2) is 0 Å². The molecule has 0 atom stereocenters. The second kappa shape index (κ2) is 32.6. The van der Waals surface area contributed by atoms with E-state index in [-0.39, 0.29) is 77.7 Å². The Hall–Kier alpha value is -5.35. The molecule has 1 aromatic rings. The largest absolute Gasteiger partial charge is 0.462 e. The predicted molar refractivity (Wildman–Crippen MR) is 217 cm³/mol. The third kappa shape index (κ3) is 24.2. The lowest BCUT2D eigenvalue weighted by Gasteiger charge is -2.14. The summed E-state index contributed by atoms with van der Waals surface area (Å²) in [7, 11) is 0. The Morgan fingerprint density at radius 1 is 0.373 bits per heavy atom. The lowest BCUT2D eigenvalue weighted by atomic mass is 10.1. The number of rotatable bonds is 36. The molecule has 0 amide bonds. The Labute approximate surface area is 345 Å². The summed E-state index contributed by atoms with van der Waals surface area (Å²) < 4.78 is 27.8. The van der Waals surface area contributed by atoms with Crippen molar-refractivity contribution in [3.8, 4) is 0 Å². The Kier molecular flexibility index (Phi) is 28.5. The van der Waals surface area contributed by atoms with Gasteiger partial charge in [-0.1, -0.05) is 77.5 Å². The number of unbranched alkanes of at least 4 members (excludes halogenated alkanes) is 12. The first kappa shape index (κ1) is 51.7. The molecule has 0 aromatic carbocycles. The summed E-state index contributed by atoms with van der Waals surface area (Å²) in [4.78, 5) is 109. The normalized spacial score (nSPS) is 10.6. The van der Waals surface area contributed by atoms with Gasteiger partial charge in [-0.05, 0) is 38.5 Å². The number of carbonyl (C=O) groups excluding carboxylic acids is 6. The lowest BCUT2D eigenvalue weighted by Crippen LogP contribution is -2.54. The van der Waals surface area contributed by atoms with Crippen molar-refractivity contribution >= 4 is 35.6 Å². The summed E-state index contributed by atoms with van der Waals surface area (Å²) >= 11 is 0. The van der Waals surface area contributed by atoms with Crippen LogP contribution in [0.3, 0.4) is 0 Å². The van der Waals surface area contributed by atoms with Crippen LogP contribution in [0.15, 0.2) is 52.3 Å². The quantitative estimate of drug-likeness (QED) is 0.0396. The molecule has 0 spiro atoms. The number of carbonyl (C=O) groups is 6. The summed E-state index contributed by atoms with van der Waals surface area (Å²) in [6.07, 6.45) is 14.1. The molecule has 59 heavy (non-hydrogen) atoms. The molecule has 0 bridgehead atoms. The molecule has 0 aliphatic carbocycles. The van der Waals surface area contributed by atoms with E-state index in [9.17, 15) is 43.2 Å². The standard InChI is InChI=1S/C42H63N3O14/c1-4-35(47)55-29-25-34(46)22-16-10-7-13-19-26-43-40(52)44(27-20-14-8-11-17-23-38(50)58-32-30-56-36(48)5-2)42(54)45(41(43)53)28-21-15-9-12-18-24-39(51)59-33-31-57-37(49)6-3/h4-6H,1-3,7-33H2. The van der Waals surface area contributed by atoms with Crippen molar-refractivity contribution in [2.75, 3.05) is 33.0 Å². The highest BCUT2D eigenvalue weighted by Gasteiger charge is 2.16. The number of ketones is 1. The predicted octanol–water partition coefficient (Wildman–Crippen LogP) is 4.43. The molecule has 17 nitrogen and oxygen atoms in total. The number of hydrogen-bond acceptors (Lipinski definition) is 14. The van der Waals surface area contributed by atoms with Gasteiger partial charge in [0.05, 0.1) is 6.61 Å². The van der Waals surface area contributed by atoms with Gasteiger partial charge in [0.25, 0.3) is 0 Å². The van der Waals surface area contributed by atoms with Crippen LogP contribution in [0.4, 0.5) is 0 Å². The van der Waals surface area contributed by atoms with Crippen molar-refractivity contribution in [1.29, 1.82) is 0 Å². The molecule has 0 saturated carbocycles. The molecule has 0 aliphatic rings. The fourth-order valence-electron chi connectivity index (χ4n) is 5.83. The third-order valence-corrected chi connectivity index (χ3v) is 9.05. The van der Waals surface area contributed by atoms with Crippen LogP contribution in [0.5, 0.6) is 0 Å². The SMILES string of the molecule is C=CC(=O)OCCOC(=O)CCCCCCCn1c(=O)n(CCCCCCCC(=O)CCOC(=O)C=C)c(=O)n(CCCCCCCC(=O)OCCOC(=O)C=C)c1=O. The minimum Gasteiger partial charge on any atom is -0.462 e. The topological polar surface area (TPSA) is 215 Å². The van der Waals surface area contributed by atoms with Crippen LogP contribution < -0.4 is 17.1 Å². The second-order valence-corrected chi connectivity index (χ2v) is 13.7. The highest BCUT2D eigenvalue weighted by molar-refractivity contribution is 5.82. The van der Waals surface area contributed by atoms with E-state index in [1.807, 2.05) is 0 Å². The monoisotopic (exact) mass is 833 g/mol. The van der Waals surface area contributed by atoms with Crippen molar-refractivity contribution in [2.45, 2.75) is 142 Å². The first-order valence-corrected chi connectivity index (χ1v) is 20.6. The number of hydrogen-bond donors (Lipinski definition) is 0. The van der Waals surface area contributed by atoms with Gasteiger partial charge in [0, 0.05) is 63.5 Å². The molecule has 0 aliphatic heterocycles. The first-order valence-electron chi connectivity index (χ1n) is 20.6. The van der Waals surface area contributed by atoms with Crippen LogP contribution in [0.2, 0.25) is 0 Å².